The van der Waals surface area contributed by atoms with E-state index in [1.54, 1.807) is 17.5 Å². The lowest BCUT2D eigenvalue weighted by molar-refractivity contribution is 0.0993. The number of fused-ring (bicyclic) bond motifs is 1. The summed E-state index contributed by atoms with van der Waals surface area (Å²) in [6.45, 7) is 0. The molecule has 2 nitrogen and oxygen atoms in total. The van der Waals surface area contributed by atoms with Crippen molar-refractivity contribution in [1.82, 2.24) is 4.98 Å². The van der Waals surface area contributed by atoms with Crippen LogP contribution in [0.2, 0.25) is 0 Å². The third kappa shape index (κ3) is 2.74. The fourth-order valence-corrected chi connectivity index (χ4v) is 2.93. The van der Waals surface area contributed by atoms with Gasteiger partial charge in [-0.25, -0.2) is 0 Å². The van der Waals surface area contributed by atoms with E-state index in [-0.39, 0.29) is 5.78 Å². The van der Waals surface area contributed by atoms with E-state index < -0.39 is 0 Å². The third-order valence-corrected chi connectivity index (χ3v) is 4.28. The molecule has 0 saturated heterocycles. The van der Waals surface area contributed by atoms with Gasteiger partial charge in [0, 0.05) is 22.7 Å². The zero-order chi connectivity index (χ0) is 13.2. The third-order valence-electron chi connectivity index (χ3n) is 2.90. The second-order valence-corrected chi connectivity index (χ2v) is 6.12. The average Bonchev–Trinajstić information content (AvgIpc) is 2.88. The molecule has 3 aromatic rings. The lowest BCUT2D eigenvalue weighted by atomic mass is 10.0. The van der Waals surface area contributed by atoms with Gasteiger partial charge in [0.1, 0.15) is 0 Å². The Morgan fingerprint density at radius 1 is 1.21 bits per heavy atom. The van der Waals surface area contributed by atoms with Crippen molar-refractivity contribution in [2.75, 3.05) is 0 Å². The van der Waals surface area contributed by atoms with Crippen LogP contribution in [0, 0.1) is 0 Å². The Kier molecular flexibility index (Phi) is 3.44. The normalized spacial score (nSPS) is 10.8. The number of benzene rings is 1. The number of rotatable bonds is 3. The number of thiophene rings is 1. The largest absolute Gasteiger partial charge is 0.294 e. The molecule has 94 valence electrons. The molecular formula is C15H10BrNOS. The number of carbonyl (C=O) groups excluding carboxylic acids is 1. The molecular weight excluding hydrogens is 322 g/mol. The summed E-state index contributed by atoms with van der Waals surface area (Å²) < 4.78 is 2.08. The molecule has 0 radical (unpaired) electrons. The Labute approximate surface area is 123 Å². The van der Waals surface area contributed by atoms with Crippen LogP contribution in [0.15, 0.2) is 52.4 Å². The van der Waals surface area contributed by atoms with E-state index in [0.717, 1.165) is 20.3 Å². The van der Waals surface area contributed by atoms with Crippen molar-refractivity contribution in [2.45, 2.75) is 6.42 Å². The molecule has 0 amide bonds. The van der Waals surface area contributed by atoms with E-state index in [2.05, 4.69) is 20.9 Å². The van der Waals surface area contributed by atoms with E-state index in [9.17, 15) is 4.79 Å². The number of ketones is 1. The highest BCUT2D eigenvalue weighted by molar-refractivity contribution is 9.10. The maximum absolute atomic E-state index is 12.2. The first-order valence-corrected chi connectivity index (χ1v) is 7.50. The minimum Gasteiger partial charge on any atom is -0.294 e. The minimum atomic E-state index is 0.102. The molecule has 3 rings (SSSR count). The van der Waals surface area contributed by atoms with Crippen LogP contribution in [-0.2, 0) is 6.42 Å². The summed E-state index contributed by atoms with van der Waals surface area (Å²) in [6, 6.07) is 11.7. The first-order valence-electron chi connectivity index (χ1n) is 5.83. The van der Waals surface area contributed by atoms with Crippen LogP contribution in [0.1, 0.15) is 15.9 Å². The van der Waals surface area contributed by atoms with Crippen LogP contribution >= 0.6 is 27.3 Å². The van der Waals surface area contributed by atoms with Crippen LogP contribution in [0.25, 0.3) is 10.2 Å². The molecule has 0 fully saturated rings. The van der Waals surface area contributed by atoms with E-state index >= 15 is 0 Å². The van der Waals surface area contributed by atoms with Gasteiger partial charge in [-0.1, -0.05) is 28.1 Å². The quantitative estimate of drug-likeness (QED) is 0.662. The SMILES string of the molecule is O=C(Cc1ccc(Br)cc1)c1cnc2ccsc2c1. The highest BCUT2D eigenvalue weighted by Crippen LogP contribution is 2.20. The van der Waals surface area contributed by atoms with Crippen LogP contribution in [0.3, 0.4) is 0 Å². The van der Waals surface area contributed by atoms with E-state index in [0.29, 0.717) is 12.0 Å². The van der Waals surface area contributed by atoms with Crippen LogP contribution in [-0.4, -0.2) is 10.8 Å². The molecule has 0 atom stereocenters. The number of halogens is 1. The molecule has 4 heteroatoms. The number of pyridine rings is 1. The van der Waals surface area contributed by atoms with E-state index in [1.807, 2.05) is 41.8 Å². The monoisotopic (exact) mass is 331 g/mol. The molecule has 0 aliphatic carbocycles. The average molecular weight is 332 g/mol. The topological polar surface area (TPSA) is 30.0 Å². The molecule has 0 unspecified atom stereocenters. The van der Waals surface area contributed by atoms with Gasteiger partial charge >= 0.3 is 0 Å². The fourth-order valence-electron chi connectivity index (χ4n) is 1.89. The van der Waals surface area contributed by atoms with Gasteiger partial charge in [0.05, 0.1) is 10.2 Å². The molecule has 2 heterocycles. The Morgan fingerprint density at radius 2 is 2.00 bits per heavy atom. The molecule has 2 aromatic heterocycles. The molecule has 1 aromatic carbocycles. The molecule has 0 aliphatic rings. The summed E-state index contributed by atoms with van der Waals surface area (Å²) in [5.74, 6) is 0.102. The Balaban J connectivity index is 1.84. The van der Waals surface area contributed by atoms with Crippen LogP contribution < -0.4 is 0 Å². The van der Waals surface area contributed by atoms with Crippen molar-refractivity contribution in [3.63, 3.8) is 0 Å². The number of Topliss-reactive ketones (excluding diaryl/α,β-unsaturated/α-hetero) is 1. The number of carbonyl (C=O) groups is 1. The summed E-state index contributed by atoms with van der Waals surface area (Å²) in [5, 5.41) is 1.99. The fraction of sp³-hybridized carbons (Fsp3) is 0.0667. The first-order chi connectivity index (χ1) is 9.22. The summed E-state index contributed by atoms with van der Waals surface area (Å²) in [7, 11) is 0. The van der Waals surface area contributed by atoms with E-state index in [4.69, 9.17) is 0 Å². The molecule has 0 N–H and O–H groups in total. The lowest BCUT2D eigenvalue weighted by Gasteiger charge is -2.02. The smallest absolute Gasteiger partial charge is 0.168 e. The van der Waals surface area contributed by atoms with Gasteiger partial charge in [-0.3, -0.25) is 9.78 Å². The molecule has 0 spiro atoms. The predicted octanol–water partition coefficient (Wildman–Crippen LogP) is 4.48. The van der Waals surface area contributed by atoms with Crippen LogP contribution in [0.4, 0.5) is 0 Å². The van der Waals surface area contributed by atoms with Crippen molar-refractivity contribution >= 4 is 43.3 Å². The Morgan fingerprint density at radius 3 is 2.79 bits per heavy atom. The standard InChI is InChI=1S/C15H10BrNOS/c16-12-3-1-10(2-4-12)7-14(18)11-8-15-13(17-9-11)5-6-19-15/h1-6,8-9H,7H2. The van der Waals surface area contributed by atoms with Gasteiger partial charge in [0.25, 0.3) is 0 Å². The zero-order valence-electron chi connectivity index (χ0n) is 9.97. The molecule has 19 heavy (non-hydrogen) atoms. The maximum Gasteiger partial charge on any atom is 0.168 e. The minimum absolute atomic E-state index is 0.102. The van der Waals surface area contributed by atoms with Gasteiger partial charge in [-0.2, -0.15) is 0 Å². The summed E-state index contributed by atoms with van der Waals surface area (Å²) >= 11 is 4.99. The molecule has 0 aliphatic heterocycles. The highest BCUT2D eigenvalue weighted by atomic mass is 79.9. The Bertz CT molecular complexity index is 733. The number of hydrogen-bond acceptors (Lipinski definition) is 3. The molecule has 0 bridgehead atoms. The predicted molar refractivity (Wildman–Crippen MR) is 81.8 cm³/mol. The van der Waals surface area contributed by atoms with Crippen LogP contribution in [0.5, 0.6) is 0 Å². The van der Waals surface area contributed by atoms with Gasteiger partial charge in [0.15, 0.2) is 5.78 Å². The Hall–Kier alpha value is -1.52. The number of hydrogen-bond donors (Lipinski definition) is 0. The van der Waals surface area contributed by atoms with Gasteiger partial charge in [0.2, 0.25) is 0 Å². The van der Waals surface area contributed by atoms with Gasteiger partial charge in [-0.15, -0.1) is 11.3 Å². The lowest BCUT2D eigenvalue weighted by Crippen LogP contribution is -2.03. The van der Waals surface area contributed by atoms with Crippen molar-refractivity contribution in [3.8, 4) is 0 Å². The van der Waals surface area contributed by atoms with Gasteiger partial charge in [-0.05, 0) is 35.2 Å². The number of aromatic nitrogens is 1. The van der Waals surface area contributed by atoms with Crippen molar-refractivity contribution in [3.05, 3.63) is 63.6 Å². The van der Waals surface area contributed by atoms with Crippen molar-refractivity contribution in [1.29, 1.82) is 0 Å². The van der Waals surface area contributed by atoms with Gasteiger partial charge < -0.3 is 0 Å². The maximum atomic E-state index is 12.2. The molecule has 0 saturated carbocycles. The second-order valence-electron chi connectivity index (χ2n) is 4.25. The summed E-state index contributed by atoms with van der Waals surface area (Å²) in [5.41, 5.74) is 2.64. The number of nitrogens with zero attached hydrogens (tertiary/aromatic N) is 1. The van der Waals surface area contributed by atoms with E-state index in [1.165, 1.54) is 0 Å². The summed E-state index contributed by atoms with van der Waals surface area (Å²) in [6.07, 6.45) is 2.07. The highest BCUT2D eigenvalue weighted by Gasteiger charge is 2.09. The zero-order valence-corrected chi connectivity index (χ0v) is 12.4. The first kappa shape index (κ1) is 12.5. The summed E-state index contributed by atoms with van der Waals surface area (Å²) in [4.78, 5) is 16.5. The van der Waals surface area contributed by atoms with Crippen molar-refractivity contribution < 1.29 is 4.79 Å². The second kappa shape index (κ2) is 5.23. The van der Waals surface area contributed by atoms with Crippen molar-refractivity contribution in [2.24, 2.45) is 0 Å².